The normalized spacial score (nSPS) is 11.1. The SMILES string of the molecule is O=C(O)Cc1ccccc1/C=C/c1ccc(OCc2ccc3ccccc3n2)cc1. The summed E-state index contributed by atoms with van der Waals surface area (Å²) in [5, 5.41) is 10.2. The molecule has 4 nitrogen and oxygen atoms in total. The lowest BCUT2D eigenvalue weighted by atomic mass is 10.0. The number of hydrogen-bond donors (Lipinski definition) is 1. The first-order chi connectivity index (χ1) is 14.7. The number of benzene rings is 3. The topological polar surface area (TPSA) is 59.4 Å². The number of aliphatic carboxylic acids is 1. The van der Waals surface area contributed by atoms with E-state index in [2.05, 4.69) is 11.1 Å². The van der Waals surface area contributed by atoms with Gasteiger partial charge in [-0.3, -0.25) is 4.79 Å². The zero-order valence-electron chi connectivity index (χ0n) is 16.4. The first-order valence-electron chi connectivity index (χ1n) is 9.73. The molecule has 0 aliphatic rings. The van der Waals surface area contributed by atoms with Gasteiger partial charge in [-0.2, -0.15) is 0 Å². The Hall–Kier alpha value is -3.92. The molecule has 0 fully saturated rings. The van der Waals surface area contributed by atoms with Gasteiger partial charge >= 0.3 is 5.97 Å². The lowest BCUT2D eigenvalue weighted by Gasteiger charge is -2.07. The average molecular weight is 395 g/mol. The Morgan fingerprint density at radius 3 is 2.47 bits per heavy atom. The highest BCUT2D eigenvalue weighted by atomic mass is 16.5. The van der Waals surface area contributed by atoms with Gasteiger partial charge in [0, 0.05) is 5.39 Å². The minimum Gasteiger partial charge on any atom is -0.487 e. The molecule has 4 rings (SSSR count). The van der Waals surface area contributed by atoms with Crippen molar-refractivity contribution in [3.05, 3.63) is 107 Å². The van der Waals surface area contributed by atoms with E-state index in [1.165, 1.54) is 0 Å². The Morgan fingerprint density at radius 2 is 1.63 bits per heavy atom. The van der Waals surface area contributed by atoms with Crippen molar-refractivity contribution in [3.8, 4) is 5.75 Å². The molecule has 0 saturated carbocycles. The first kappa shape index (κ1) is 19.4. The Kier molecular flexibility index (Phi) is 5.85. The number of para-hydroxylation sites is 1. The predicted octanol–water partition coefficient (Wildman–Crippen LogP) is 5.61. The maximum absolute atomic E-state index is 11.0. The summed E-state index contributed by atoms with van der Waals surface area (Å²) in [4.78, 5) is 15.6. The van der Waals surface area contributed by atoms with Crippen molar-refractivity contribution >= 4 is 29.0 Å². The maximum Gasteiger partial charge on any atom is 0.307 e. The van der Waals surface area contributed by atoms with Crippen molar-refractivity contribution in [3.63, 3.8) is 0 Å². The van der Waals surface area contributed by atoms with E-state index < -0.39 is 5.97 Å². The van der Waals surface area contributed by atoms with Crippen molar-refractivity contribution < 1.29 is 14.6 Å². The predicted molar refractivity (Wildman–Crippen MR) is 119 cm³/mol. The van der Waals surface area contributed by atoms with Gasteiger partial charge < -0.3 is 9.84 Å². The van der Waals surface area contributed by atoms with Crippen molar-refractivity contribution in [1.29, 1.82) is 0 Å². The number of fused-ring (bicyclic) bond motifs is 1. The van der Waals surface area contributed by atoms with Crippen LogP contribution in [0.3, 0.4) is 0 Å². The summed E-state index contributed by atoms with van der Waals surface area (Å²) in [5.41, 5.74) is 4.55. The van der Waals surface area contributed by atoms with Crippen LogP contribution in [0.25, 0.3) is 23.1 Å². The molecule has 0 aliphatic carbocycles. The van der Waals surface area contributed by atoms with Crippen LogP contribution in [0.15, 0.2) is 84.9 Å². The average Bonchev–Trinajstić information content (AvgIpc) is 2.77. The fraction of sp³-hybridized carbons (Fsp3) is 0.0769. The van der Waals surface area contributed by atoms with Crippen molar-refractivity contribution in [1.82, 2.24) is 4.98 Å². The van der Waals surface area contributed by atoms with Crippen LogP contribution in [0.2, 0.25) is 0 Å². The molecule has 1 aromatic heterocycles. The molecular formula is C26H21NO3. The van der Waals surface area contributed by atoms with Gasteiger partial charge in [-0.05, 0) is 41.0 Å². The van der Waals surface area contributed by atoms with Crippen LogP contribution in [-0.2, 0) is 17.8 Å². The summed E-state index contributed by atoms with van der Waals surface area (Å²) < 4.78 is 5.87. The van der Waals surface area contributed by atoms with Gasteiger partial charge in [-0.25, -0.2) is 4.98 Å². The largest absolute Gasteiger partial charge is 0.487 e. The summed E-state index contributed by atoms with van der Waals surface area (Å²) >= 11 is 0. The van der Waals surface area contributed by atoms with Crippen molar-refractivity contribution in [2.45, 2.75) is 13.0 Å². The highest BCUT2D eigenvalue weighted by Gasteiger charge is 2.04. The molecule has 4 heteroatoms. The summed E-state index contributed by atoms with van der Waals surface area (Å²) in [6, 6.07) is 27.3. The summed E-state index contributed by atoms with van der Waals surface area (Å²) in [6.07, 6.45) is 3.92. The monoisotopic (exact) mass is 395 g/mol. The van der Waals surface area contributed by atoms with Gasteiger partial charge in [0.15, 0.2) is 0 Å². The van der Waals surface area contributed by atoms with Gasteiger partial charge in [-0.15, -0.1) is 0 Å². The molecular weight excluding hydrogens is 374 g/mol. The number of carboxylic acids is 1. The summed E-state index contributed by atoms with van der Waals surface area (Å²) in [5.74, 6) is -0.0633. The molecule has 0 radical (unpaired) electrons. The van der Waals surface area contributed by atoms with E-state index >= 15 is 0 Å². The fourth-order valence-corrected chi connectivity index (χ4v) is 3.23. The third-order valence-corrected chi connectivity index (χ3v) is 4.78. The Labute approximate surface area is 175 Å². The molecule has 1 N–H and O–H groups in total. The number of hydrogen-bond acceptors (Lipinski definition) is 3. The number of aromatic nitrogens is 1. The third-order valence-electron chi connectivity index (χ3n) is 4.78. The Morgan fingerprint density at radius 1 is 0.867 bits per heavy atom. The molecule has 0 bridgehead atoms. The molecule has 30 heavy (non-hydrogen) atoms. The lowest BCUT2D eigenvalue weighted by Crippen LogP contribution is -2.01. The molecule has 0 amide bonds. The standard InChI is InChI=1S/C26H21NO3/c28-26(29)17-22-7-2-1-5-20(22)12-9-19-10-15-24(16-11-19)30-18-23-14-13-21-6-3-4-8-25(21)27-23/h1-16H,17-18H2,(H,28,29)/b12-9+. The molecule has 148 valence electrons. The second-order valence-corrected chi connectivity index (χ2v) is 6.96. The van der Waals surface area contributed by atoms with E-state index in [9.17, 15) is 4.79 Å². The van der Waals surface area contributed by atoms with Crippen molar-refractivity contribution in [2.75, 3.05) is 0 Å². The molecule has 4 aromatic rings. The number of carboxylic acid groups (broad SMARTS) is 1. The zero-order valence-corrected chi connectivity index (χ0v) is 16.4. The number of nitrogens with zero attached hydrogens (tertiary/aromatic N) is 1. The second kappa shape index (κ2) is 9.05. The molecule has 0 spiro atoms. The van der Waals surface area contributed by atoms with Crippen LogP contribution in [0.5, 0.6) is 5.75 Å². The van der Waals surface area contributed by atoms with E-state index in [-0.39, 0.29) is 6.42 Å². The van der Waals surface area contributed by atoms with Gasteiger partial charge in [-0.1, -0.05) is 72.8 Å². The van der Waals surface area contributed by atoms with Crippen LogP contribution in [0, 0.1) is 0 Å². The summed E-state index contributed by atoms with van der Waals surface area (Å²) in [6.45, 7) is 0.405. The quantitative estimate of drug-likeness (QED) is 0.413. The van der Waals surface area contributed by atoms with Crippen molar-refractivity contribution in [2.24, 2.45) is 0 Å². The zero-order chi connectivity index (χ0) is 20.8. The van der Waals surface area contributed by atoms with Gasteiger partial charge in [0.05, 0.1) is 17.6 Å². The van der Waals surface area contributed by atoms with Crippen LogP contribution in [-0.4, -0.2) is 16.1 Å². The minimum absolute atomic E-state index is 0.0100. The summed E-state index contributed by atoms with van der Waals surface area (Å²) in [7, 11) is 0. The molecule has 0 atom stereocenters. The number of ether oxygens (including phenoxy) is 1. The third kappa shape index (κ3) is 4.92. The van der Waals surface area contributed by atoms with E-state index in [1.54, 1.807) is 0 Å². The van der Waals surface area contributed by atoms with Gasteiger partial charge in [0.1, 0.15) is 12.4 Å². The number of rotatable bonds is 7. The molecule has 3 aromatic carbocycles. The Bertz CT molecular complexity index is 1200. The van der Waals surface area contributed by atoms with Crippen LogP contribution >= 0.6 is 0 Å². The highest BCUT2D eigenvalue weighted by Crippen LogP contribution is 2.18. The van der Waals surface area contributed by atoms with Crippen LogP contribution < -0.4 is 4.74 Å². The fourth-order valence-electron chi connectivity index (χ4n) is 3.23. The van der Waals surface area contributed by atoms with E-state index in [1.807, 2.05) is 91.0 Å². The molecule has 0 aliphatic heterocycles. The van der Waals surface area contributed by atoms with Gasteiger partial charge in [0.2, 0.25) is 0 Å². The molecule has 0 unspecified atom stereocenters. The lowest BCUT2D eigenvalue weighted by molar-refractivity contribution is -0.136. The molecule has 0 saturated heterocycles. The maximum atomic E-state index is 11.0. The number of pyridine rings is 1. The van der Waals surface area contributed by atoms with Crippen LogP contribution in [0.1, 0.15) is 22.4 Å². The van der Waals surface area contributed by atoms with Gasteiger partial charge in [0.25, 0.3) is 0 Å². The highest BCUT2D eigenvalue weighted by molar-refractivity contribution is 5.78. The van der Waals surface area contributed by atoms with E-state index in [0.29, 0.717) is 6.61 Å². The minimum atomic E-state index is -0.835. The van der Waals surface area contributed by atoms with E-state index in [0.717, 1.165) is 39.0 Å². The van der Waals surface area contributed by atoms with E-state index in [4.69, 9.17) is 9.84 Å². The second-order valence-electron chi connectivity index (χ2n) is 6.96. The van der Waals surface area contributed by atoms with Crippen LogP contribution in [0.4, 0.5) is 0 Å². The smallest absolute Gasteiger partial charge is 0.307 e. The Balaban J connectivity index is 1.40. The molecule has 1 heterocycles. The first-order valence-corrected chi connectivity index (χ1v) is 9.73. The number of carbonyl (C=O) groups is 1.